The first-order valence-electron chi connectivity index (χ1n) is 6.75. The fraction of sp³-hybridized carbons (Fsp3) is 0.235. The van der Waals surface area contributed by atoms with Crippen LogP contribution in [-0.2, 0) is 11.2 Å². The predicted molar refractivity (Wildman–Crippen MR) is 79.4 cm³/mol. The first kappa shape index (κ1) is 14.3. The van der Waals surface area contributed by atoms with Gasteiger partial charge in [-0.2, -0.15) is 0 Å². The normalized spacial score (nSPS) is 10.3. The van der Waals surface area contributed by atoms with Crippen molar-refractivity contribution in [3.63, 3.8) is 0 Å². The summed E-state index contributed by atoms with van der Waals surface area (Å²) >= 11 is 0. The van der Waals surface area contributed by atoms with Crippen LogP contribution in [0.4, 0.5) is 10.1 Å². The van der Waals surface area contributed by atoms with E-state index in [9.17, 15) is 9.18 Å². The Balaban J connectivity index is 2.01. The van der Waals surface area contributed by atoms with Gasteiger partial charge >= 0.3 is 0 Å². The van der Waals surface area contributed by atoms with Gasteiger partial charge in [0.15, 0.2) is 5.78 Å². The van der Waals surface area contributed by atoms with Gasteiger partial charge in [-0.3, -0.25) is 4.79 Å². The highest BCUT2D eigenvalue weighted by molar-refractivity contribution is 5.85. The van der Waals surface area contributed by atoms with Crippen molar-refractivity contribution in [2.75, 3.05) is 18.0 Å². The number of rotatable bonds is 6. The minimum atomic E-state index is -0.281. The quantitative estimate of drug-likeness (QED) is 0.802. The molecule has 0 atom stereocenters. The van der Waals surface area contributed by atoms with Crippen molar-refractivity contribution in [3.8, 4) is 0 Å². The lowest BCUT2D eigenvalue weighted by Crippen LogP contribution is -2.30. The molecule has 0 saturated carbocycles. The molecule has 0 amide bonds. The molecule has 0 aliphatic heterocycles. The number of carbonyl (C=O) groups is 1. The van der Waals surface area contributed by atoms with Crippen molar-refractivity contribution in [2.45, 2.75) is 13.3 Å². The molecule has 0 heterocycles. The third-order valence-electron chi connectivity index (χ3n) is 3.17. The number of halogens is 1. The van der Waals surface area contributed by atoms with Gasteiger partial charge in [-0.05, 0) is 30.7 Å². The zero-order chi connectivity index (χ0) is 14.4. The van der Waals surface area contributed by atoms with Crippen LogP contribution in [0.2, 0.25) is 0 Å². The van der Waals surface area contributed by atoms with Gasteiger partial charge in [-0.1, -0.05) is 36.4 Å². The Morgan fingerprint density at radius 3 is 2.50 bits per heavy atom. The largest absolute Gasteiger partial charge is 0.364 e. The van der Waals surface area contributed by atoms with Crippen molar-refractivity contribution in [2.24, 2.45) is 0 Å². The number of nitrogens with zero attached hydrogens (tertiary/aromatic N) is 1. The lowest BCUT2D eigenvalue weighted by atomic mass is 10.1. The zero-order valence-electron chi connectivity index (χ0n) is 11.6. The molecular formula is C17H18FNO. The molecule has 0 saturated heterocycles. The van der Waals surface area contributed by atoms with Gasteiger partial charge in [0.25, 0.3) is 0 Å². The smallest absolute Gasteiger partial charge is 0.156 e. The zero-order valence-corrected chi connectivity index (χ0v) is 11.6. The summed E-state index contributed by atoms with van der Waals surface area (Å²) in [6, 6.07) is 16.0. The highest BCUT2D eigenvalue weighted by atomic mass is 19.1. The van der Waals surface area contributed by atoms with E-state index in [0.29, 0.717) is 19.5 Å². The molecule has 0 fully saturated rings. The monoisotopic (exact) mass is 271 g/mol. The Hall–Kier alpha value is -2.16. The Bertz CT molecular complexity index is 568. The van der Waals surface area contributed by atoms with Crippen LogP contribution in [0.1, 0.15) is 12.5 Å². The molecular weight excluding hydrogens is 253 g/mol. The Kier molecular flexibility index (Phi) is 4.88. The molecule has 104 valence electrons. The van der Waals surface area contributed by atoms with Crippen molar-refractivity contribution >= 4 is 11.5 Å². The molecule has 3 heteroatoms. The molecule has 0 unspecified atom stereocenters. The molecule has 2 nitrogen and oxygen atoms in total. The summed E-state index contributed by atoms with van der Waals surface area (Å²) in [6.45, 7) is 2.93. The molecule has 0 bridgehead atoms. The molecule has 0 aromatic heterocycles. The number of hydrogen-bond acceptors (Lipinski definition) is 2. The molecule has 0 spiro atoms. The highest BCUT2D eigenvalue weighted by Gasteiger charge is 2.11. The molecule has 20 heavy (non-hydrogen) atoms. The van der Waals surface area contributed by atoms with E-state index in [1.165, 1.54) is 12.1 Å². The maximum absolute atomic E-state index is 13.2. The Labute approximate surface area is 118 Å². The highest BCUT2D eigenvalue weighted by Crippen LogP contribution is 2.15. The standard InChI is InChI=1S/C17H18FNO/c1-2-19(16-10-6-9-15(18)12-16)13-17(20)11-14-7-4-3-5-8-14/h3-10,12H,2,11,13H2,1H3. The average Bonchev–Trinajstić information content (AvgIpc) is 2.46. The van der Waals surface area contributed by atoms with E-state index in [4.69, 9.17) is 0 Å². The van der Waals surface area contributed by atoms with Gasteiger partial charge in [0.1, 0.15) is 5.82 Å². The van der Waals surface area contributed by atoms with Crippen LogP contribution in [0, 0.1) is 5.82 Å². The van der Waals surface area contributed by atoms with Crippen LogP contribution < -0.4 is 4.90 Å². The summed E-state index contributed by atoms with van der Waals surface area (Å²) < 4.78 is 13.2. The predicted octanol–water partition coefficient (Wildman–Crippen LogP) is 3.46. The van der Waals surface area contributed by atoms with Crippen LogP contribution in [0.5, 0.6) is 0 Å². The van der Waals surface area contributed by atoms with E-state index in [1.54, 1.807) is 6.07 Å². The van der Waals surface area contributed by atoms with E-state index in [1.807, 2.05) is 48.2 Å². The van der Waals surface area contributed by atoms with Crippen LogP contribution in [0.25, 0.3) is 0 Å². The fourth-order valence-electron chi connectivity index (χ4n) is 2.15. The van der Waals surface area contributed by atoms with Gasteiger partial charge < -0.3 is 4.90 Å². The lowest BCUT2D eigenvalue weighted by Gasteiger charge is -2.22. The molecule has 0 aliphatic carbocycles. The SMILES string of the molecule is CCN(CC(=O)Cc1ccccc1)c1cccc(F)c1. The third kappa shape index (κ3) is 3.92. The van der Waals surface area contributed by atoms with Crippen LogP contribution >= 0.6 is 0 Å². The molecule has 2 aromatic carbocycles. The third-order valence-corrected chi connectivity index (χ3v) is 3.17. The van der Waals surface area contributed by atoms with Gasteiger partial charge in [0.05, 0.1) is 6.54 Å². The molecule has 0 N–H and O–H groups in total. The number of ketones is 1. The second-order valence-electron chi connectivity index (χ2n) is 4.70. The lowest BCUT2D eigenvalue weighted by molar-refractivity contribution is -0.117. The van der Waals surface area contributed by atoms with Gasteiger partial charge in [0, 0.05) is 18.7 Å². The first-order valence-corrected chi connectivity index (χ1v) is 6.75. The van der Waals surface area contributed by atoms with Gasteiger partial charge in [0.2, 0.25) is 0 Å². The number of benzene rings is 2. The maximum atomic E-state index is 13.2. The van der Waals surface area contributed by atoms with Crippen molar-refractivity contribution in [1.29, 1.82) is 0 Å². The summed E-state index contributed by atoms with van der Waals surface area (Å²) in [7, 11) is 0. The number of hydrogen-bond donors (Lipinski definition) is 0. The average molecular weight is 271 g/mol. The summed E-state index contributed by atoms with van der Waals surface area (Å²) in [5.41, 5.74) is 1.75. The molecule has 2 aromatic rings. The summed E-state index contributed by atoms with van der Waals surface area (Å²) in [4.78, 5) is 14.0. The first-order chi connectivity index (χ1) is 9.69. The van der Waals surface area contributed by atoms with Crippen LogP contribution in [0.15, 0.2) is 54.6 Å². The minimum absolute atomic E-state index is 0.127. The van der Waals surface area contributed by atoms with E-state index in [2.05, 4.69) is 0 Å². The summed E-state index contributed by atoms with van der Waals surface area (Å²) in [5, 5.41) is 0. The Morgan fingerprint density at radius 1 is 1.10 bits per heavy atom. The molecule has 2 rings (SSSR count). The second-order valence-corrected chi connectivity index (χ2v) is 4.70. The van der Waals surface area contributed by atoms with Gasteiger partial charge in [-0.15, -0.1) is 0 Å². The summed E-state index contributed by atoms with van der Waals surface area (Å²) in [6.07, 6.45) is 0.409. The number of likely N-dealkylation sites (N-methyl/N-ethyl adjacent to an activating group) is 1. The number of Topliss-reactive ketones (excluding diaryl/α,β-unsaturated/α-hetero) is 1. The van der Waals surface area contributed by atoms with Crippen LogP contribution in [0.3, 0.4) is 0 Å². The maximum Gasteiger partial charge on any atom is 0.156 e. The van der Waals surface area contributed by atoms with Gasteiger partial charge in [-0.25, -0.2) is 4.39 Å². The van der Waals surface area contributed by atoms with Crippen LogP contribution in [-0.4, -0.2) is 18.9 Å². The van der Waals surface area contributed by atoms with E-state index >= 15 is 0 Å². The Morgan fingerprint density at radius 2 is 1.85 bits per heavy atom. The van der Waals surface area contributed by atoms with Crippen molar-refractivity contribution < 1.29 is 9.18 Å². The minimum Gasteiger partial charge on any atom is -0.364 e. The fourth-order valence-corrected chi connectivity index (χ4v) is 2.15. The molecule has 0 radical (unpaired) electrons. The van der Waals surface area contributed by atoms with Crippen molar-refractivity contribution in [3.05, 3.63) is 66.0 Å². The topological polar surface area (TPSA) is 20.3 Å². The number of anilines is 1. The molecule has 0 aliphatic rings. The number of carbonyl (C=O) groups excluding carboxylic acids is 1. The van der Waals surface area contributed by atoms with E-state index in [0.717, 1.165) is 11.3 Å². The van der Waals surface area contributed by atoms with E-state index < -0.39 is 0 Å². The summed E-state index contributed by atoms with van der Waals surface area (Å²) in [5.74, 6) is -0.154. The van der Waals surface area contributed by atoms with E-state index in [-0.39, 0.29) is 11.6 Å². The van der Waals surface area contributed by atoms with Crippen molar-refractivity contribution in [1.82, 2.24) is 0 Å². The second kappa shape index (κ2) is 6.85.